The molecule has 0 spiro atoms. The molecule has 31 heavy (non-hydrogen) atoms. The Morgan fingerprint density at radius 3 is 2.65 bits per heavy atom. The van der Waals surface area contributed by atoms with Gasteiger partial charge in [-0.15, -0.1) is 0 Å². The number of nitro benzene ring substituents is 1. The number of fused-ring (bicyclic) bond motifs is 2. The molecule has 10 nitrogen and oxygen atoms in total. The molecule has 2 aromatic carbocycles. The van der Waals surface area contributed by atoms with E-state index >= 15 is 0 Å². The van der Waals surface area contributed by atoms with E-state index in [-0.39, 0.29) is 16.3 Å². The molecule has 0 unspecified atom stereocenters. The highest BCUT2D eigenvalue weighted by atomic mass is 32.2. The highest BCUT2D eigenvalue weighted by Crippen LogP contribution is 2.33. The summed E-state index contributed by atoms with van der Waals surface area (Å²) in [5, 5.41) is 18.3. The smallest absolute Gasteiger partial charge is 0.279 e. The molecule has 0 atom stereocenters. The van der Waals surface area contributed by atoms with Crippen LogP contribution < -0.4 is 4.90 Å². The number of H-pyrrole nitrogens is 1. The highest BCUT2D eigenvalue weighted by molar-refractivity contribution is 7.89. The summed E-state index contributed by atoms with van der Waals surface area (Å²) in [6.07, 6.45) is 0.505. The van der Waals surface area contributed by atoms with Crippen LogP contribution in [0.4, 0.5) is 11.4 Å². The number of hydrogen-bond acceptors (Lipinski definition) is 6. The van der Waals surface area contributed by atoms with Gasteiger partial charge < -0.3 is 4.90 Å². The number of aromatic amines is 1. The molecule has 0 radical (unpaired) electrons. The fourth-order valence-corrected chi connectivity index (χ4v) is 5.38. The molecule has 1 amide bonds. The van der Waals surface area contributed by atoms with Gasteiger partial charge in [0, 0.05) is 42.8 Å². The number of sulfonamides is 1. The molecule has 0 fully saturated rings. The summed E-state index contributed by atoms with van der Waals surface area (Å²) in [6, 6.07) is 8.93. The van der Waals surface area contributed by atoms with Crippen molar-refractivity contribution in [2.75, 3.05) is 24.5 Å². The second-order valence-electron chi connectivity index (χ2n) is 7.15. The number of amides is 1. The molecule has 4 rings (SSSR count). The summed E-state index contributed by atoms with van der Waals surface area (Å²) in [5.74, 6) is -0.398. The number of carbonyl (C=O) groups excluding carboxylic acids is 1. The molecule has 1 N–H and O–H groups in total. The van der Waals surface area contributed by atoms with Gasteiger partial charge in [-0.05, 0) is 36.2 Å². The lowest BCUT2D eigenvalue weighted by Crippen LogP contribution is -2.31. The van der Waals surface area contributed by atoms with Crippen molar-refractivity contribution < 1.29 is 18.1 Å². The standard InChI is InChI=1S/C20H21N5O5S/c1-3-23(4-2)31(29,30)15-6-8-18-13(11-15)9-10-24(18)20(26)19-16-12-14(25(27)28)5-7-17(16)21-22-19/h5-8,11-12H,3-4,9-10H2,1-2H3,(H,21,22). The number of benzene rings is 2. The molecular formula is C20H21N5O5S. The number of nitro groups is 1. The maximum Gasteiger partial charge on any atom is 0.279 e. The van der Waals surface area contributed by atoms with Crippen molar-refractivity contribution >= 4 is 38.2 Å². The van der Waals surface area contributed by atoms with E-state index in [1.165, 1.54) is 33.5 Å². The summed E-state index contributed by atoms with van der Waals surface area (Å²) >= 11 is 0. The maximum atomic E-state index is 13.2. The number of carbonyl (C=O) groups is 1. The number of anilines is 1. The van der Waals surface area contributed by atoms with Crippen LogP contribution in [0, 0.1) is 10.1 Å². The Labute approximate surface area is 178 Å². The van der Waals surface area contributed by atoms with Crippen LogP contribution >= 0.6 is 0 Å². The Bertz CT molecular complexity index is 1300. The maximum absolute atomic E-state index is 13.2. The largest absolute Gasteiger partial charge is 0.306 e. The van der Waals surface area contributed by atoms with Crippen molar-refractivity contribution in [3.8, 4) is 0 Å². The number of aromatic nitrogens is 2. The lowest BCUT2D eigenvalue weighted by Gasteiger charge is -2.20. The van der Waals surface area contributed by atoms with Gasteiger partial charge in [-0.2, -0.15) is 9.40 Å². The number of rotatable bonds is 6. The molecule has 0 aliphatic carbocycles. The summed E-state index contributed by atoms with van der Waals surface area (Å²) < 4.78 is 27.0. The SMILES string of the molecule is CCN(CC)S(=O)(=O)c1ccc2c(c1)CCN2C(=O)c1n[nH]c2ccc([N+](=O)[O-])cc12. The van der Waals surface area contributed by atoms with Crippen molar-refractivity contribution in [3.63, 3.8) is 0 Å². The van der Waals surface area contributed by atoms with E-state index in [2.05, 4.69) is 10.2 Å². The zero-order valence-corrected chi connectivity index (χ0v) is 17.8. The first-order chi connectivity index (χ1) is 14.8. The van der Waals surface area contributed by atoms with Gasteiger partial charge in [0.05, 0.1) is 15.3 Å². The van der Waals surface area contributed by atoms with Crippen LogP contribution in [-0.2, 0) is 16.4 Å². The van der Waals surface area contributed by atoms with Crippen LogP contribution in [0.25, 0.3) is 10.9 Å². The van der Waals surface area contributed by atoms with Crippen molar-refractivity contribution in [2.45, 2.75) is 25.2 Å². The molecule has 1 aliphatic heterocycles. The predicted octanol–water partition coefficient (Wildman–Crippen LogP) is 2.70. The monoisotopic (exact) mass is 443 g/mol. The quantitative estimate of drug-likeness (QED) is 0.461. The first-order valence-electron chi connectivity index (χ1n) is 9.85. The second-order valence-corrected chi connectivity index (χ2v) is 9.08. The third kappa shape index (κ3) is 3.45. The first kappa shape index (κ1) is 20.9. The molecule has 0 saturated heterocycles. The first-order valence-corrected chi connectivity index (χ1v) is 11.3. The molecule has 1 aliphatic rings. The zero-order chi connectivity index (χ0) is 22.3. The highest BCUT2D eigenvalue weighted by Gasteiger charge is 2.31. The lowest BCUT2D eigenvalue weighted by molar-refractivity contribution is -0.384. The summed E-state index contributed by atoms with van der Waals surface area (Å²) in [5.41, 5.74) is 1.86. The van der Waals surface area contributed by atoms with Gasteiger partial charge in [-0.25, -0.2) is 8.42 Å². The van der Waals surface area contributed by atoms with Crippen molar-refractivity contribution in [3.05, 3.63) is 57.8 Å². The normalized spacial score (nSPS) is 13.7. The molecular weight excluding hydrogens is 422 g/mol. The molecule has 0 bridgehead atoms. The van der Waals surface area contributed by atoms with E-state index in [0.717, 1.165) is 5.56 Å². The minimum Gasteiger partial charge on any atom is -0.306 e. The zero-order valence-electron chi connectivity index (χ0n) is 17.0. The number of nitrogens with one attached hydrogen (secondary N) is 1. The van der Waals surface area contributed by atoms with Crippen LogP contribution in [0.2, 0.25) is 0 Å². The molecule has 3 aromatic rings. The number of nitrogens with zero attached hydrogens (tertiary/aromatic N) is 4. The Hall–Kier alpha value is -3.31. The van der Waals surface area contributed by atoms with E-state index in [4.69, 9.17) is 0 Å². The van der Waals surface area contributed by atoms with Crippen molar-refractivity contribution in [1.29, 1.82) is 0 Å². The van der Waals surface area contributed by atoms with E-state index in [1.807, 2.05) is 0 Å². The average molecular weight is 443 g/mol. The van der Waals surface area contributed by atoms with Gasteiger partial charge in [0.15, 0.2) is 5.69 Å². The van der Waals surface area contributed by atoms with E-state index in [9.17, 15) is 23.3 Å². The van der Waals surface area contributed by atoms with E-state index in [1.54, 1.807) is 26.0 Å². The van der Waals surface area contributed by atoms with Gasteiger partial charge in [-0.1, -0.05) is 13.8 Å². The second kappa shape index (κ2) is 7.75. The van der Waals surface area contributed by atoms with Crippen LogP contribution in [0.1, 0.15) is 29.9 Å². The van der Waals surface area contributed by atoms with Gasteiger partial charge >= 0.3 is 0 Å². The van der Waals surface area contributed by atoms with E-state index in [0.29, 0.717) is 42.6 Å². The Balaban J connectivity index is 1.69. The van der Waals surface area contributed by atoms with Gasteiger partial charge in [0.2, 0.25) is 10.0 Å². The van der Waals surface area contributed by atoms with Crippen LogP contribution in [0.5, 0.6) is 0 Å². The minimum absolute atomic E-state index is 0.0892. The lowest BCUT2D eigenvalue weighted by atomic mass is 10.1. The summed E-state index contributed by atoms with van der Waals surface area (Å²) in [4.78, 5) is 25.5. The predicted molar refractivity (Wildman–Crippen MR) is 115 cm³/mol. The summed E-state index contributed by atoms with van der Waals surface area (Å²) in [6.45, 7) is 4.69. The average Bonchev–Trinajstić information content (AvgIpc) is 3.37. The Morgan fingerprint density at radius 2 is 1.97 bits per heavy atom. The third-order valence-corrected chi connectivity index (χ3v) is 7.54. The van der Waals surface area contributed by atoms with Gasteiger partial charge in [0.25, 0.3) is 11.6 Å². The Morgan fingerprint density at radius 1 is 1.23 bits per heavy atom. The molecule has 162 valence electrons. The molecule has 2 heterocycles. The van der Waals surface area contributed by atoms with Crippen LogP contribution in [0.15, 0.2) is 41.3 Å². The van der Waals surface area contributed by atoms with Crippen molar-refractivity contribution in [1.82, 2.24) is 14.5 Å². The molecule has 11 heteroatoms. The fourth-order valence-electron chi connectivity index (χ4n) is 3.87. The van der Waals surface area contributed by atoms with Crippen molar-refractivity contribution in [2.24, 2.45) is 0 Å². The minimum atomic E-state index is -3.60. The number of non-ortho nitro benzene ring substituents is 1. The summed E-state index contributed by atoms with van der Waals surface area (Å²) in [7, 11) is -3.60. The van der Waals surface area contributed by atoms with Crippen LogP contribution in [-0.4, -0.2) is 53.4 Å². The third-order valence-electron chi connectivity index (χ3n) is 5.49. The van der Waals surface area contributed by atoms with Gasteiger partial charge in [-0.3, -0.25) is 20.0 Å². The fraction of sp³-hybridized carbons (Fsp3) is 0.300. The molecule has 0 saturated carbocycles. The van der Waals surface area contributed by atoms with Gasteiger partial charge in [0.1, 0.15) is 0 Å². The topological polar surface area (TPSA) is 130 Å². The molecule has 1 aromatic heterocycles. The van der Waals surface area contributed by atoms with E-state index < -0.39 is 20.9 Å². The number of hydrogen-bond donors (Lipinski definition) is 1. The Kier molecular flexibility index (Phi) is 5.23. The van der Waals surface area contributed by atoms with Crippen LogP contribution in [0.3, 0.4) is 0 Å².